The number of thiazole rings is 1. The van der Waals surface area contributed by atoms with Gasteiger partial charge in [-0.05, 0) is 24.1 Å². The second-order valence-electron chi connectivity index (χ2n) is 10.7. The first-order chi connectivity index (χ1) is 23.9. The van der Waals surface area contributed by atoms with Gasteiger partial charge in [-0.25, -0.2) is 9.78 Å². The molecule has 5 rings (SSSR count). The number of thioether (sulfide) groups is 1. The van der Waals surface area contributed by atoms with Crippen LogP contribution in [-0.4, -0.2) is 76.2 Å². The molecule has 0 aliphatic carbocycles. The zero-order valence-electron chi connectivity index (χ0n) is 26.2. The molecule has 2 atom stereocenters. The van der Waals surface area contributed by atoms with Gasteiger partial charge in [0.25, 0.3) is 11.8 Å². The van der Waals surface area contributed by atoms with Gasteiger partial charge < -0.3 is 53.6 Å². The number of β-lactam (4-membered cyclic amide) rings is 1. The first-order valence-corrected chi connectivity index (χ1v) is 16.8. The van der Waals surface area contributed by atoms with E-state index in [9.17, 15) is 24.3 Å². The van der Waals surface area contributed by atoms with Gasteiger partial charge in [0.15, 0.2) is 35.7 Å². The highest BCUT2D eigenvalue weighted by atomic mass is 35.5. The molecule has 2 aliphatic rings. The molecule has 4 heterocycles. The number of nitrogens with zero attached hydrogens (tertiary/aromatic N) is 5. The van der Waals surface area contributed by atoms with Crippen LogP contribution in [0.25, 0.3) is 0 Å². The number of guanidine groups is 1. The zero-order valence-corrected chi connectivity index (χ0v) is 28.6. The van der Waals surface area contributed by atoms with Crippen molar-refractivity contribution in [1.82, 2.24) is 15.2 Å². The standard InChI is InChI=1S/C29H31ClN12O6S2/c1-48-40-19(18-22(30)50-28(34)39-18)23(43)38-20-24(44)42-21(26(45)46)14(12-49-25(20)42)10-41-9-7-16(31)17(11-41)37-29(47)36-15-4-2-13(3-5-15)6-8-35-27(32)33/h2-5,7,9,11,20,25,31H,6,8,10,12H2,1H3,(H10,32,33,34,35,36,37,38,39,43,45,46,47)/b40-19+/t20-,25-/m1/s1. The predicted octanol–water partition coefficient (Wildman–Crippen LogP) is -0.837. The van der Waals surface area contributed by atoms with Crippen molar-refractivity contribution in [3.63, 3.8) is 0 Å². The zero-order chi connectivity index (χ0) is 36.1. The van der Waals surface area contributed by atoms with Gasteiger partial charge >= 0.3 is 6.03 Å². The van der Waals surface area contributed by atoms with Crippen LogP contribution >= 0.6 is 34.7 Å². The van der Waals surface area contributed by atoms with Crippen LogP contribution in [0.1, 0.15) is 11.3 Å². The number of aliphatic imine (C=N–C) groups is 1. The highest BCUT2D eigenvalue weighted by Crippen LogP contribution is 2.40. The molecule has 18 nitrogen and oxygen atoms in total. The van der Waals surface area contributed by atoms with Gasteiger partial charge in [-0.15, -0.1) is 11.8 Å². The van der Waals surface area contributed by atoms with Gasteiger partial charge in [-0.3, -0.25) is 19.5 Å². The van der Waals surface area contributed by atoms with Crippen LogP contribution in [-0.2, 0) is 32.2 Å². The number of nitrogens with two attached hydrogens (primary N) is 4. The number of halogens is 1. The molecule has 50 heavy (non-hydrogen) atoms. The lowest BCUT2D eigenvalue weighted by atomic mass is 10.0. The van der Waals surface area contributed by atoms with E-state index in [0.29, 0.717) is 24.2 Å². The number of pyridine rings is 1. The summed E-state index contributed by atoms with van der Waals surface area (Å²) in [5.41, 5.74) is 24.2. The maximum Gasteiger partial charge on any atom is 0.323 e. The molecule has 21 heteroatoms. The number of nitrogens with one attached hydrogen (secondary N) is 3. The number of rotatable bonds is 12. The fraction of sp³-hybridized carbons (Fsp3) is 0.241. The van der Waals surface area contributed by atoms with Gasteiger partial charge in [0.2, 0.25) is 0 Å². The van der Waals surface area contributed by atoms with Crippen molar-refractivity contribution in [2.24, 2.45) is 21.6 Å². The summed E-state index contributed by atoms with van der Waals surface area (Å²) in [5.74, 6) is -2.86. The van der Waals surface area contributed by atoms with E-state index in [1.165, 1.54) is 25.1 Å². The summed E-state index contributed by atoms with van der Waals surface area (Å²) in [4.78, 5) is 65.3. The molecule has 3 aromatic rings. The van der Waals surface area contributed by atoms with Crippen LogP contribution < -0.4 is 48.6 Å². The highest BCUT2D eigenvalue weighted by molar-refractivity contribution is 8.00. The number of carboxylic acid groups (broad SMARTS) is 1. The van der Waals surface area contributed by atoms with Gasteiger partial charge in [0, 0.05) is 29.6 Å². The molecule has 0 unspecified atom stereocenters. The fourth-order valence-electron chi connectivity index (χ4n) is 5.08. The van der Waals surface area contributed by atoms with Crippen molar-refractivity contribution in [1.29, 1.82) is 0 Å². The average molecular weight is 743 g/mol. The number of oxime groups is 1. The van der Waals surface area contributed by atoms with E-state index >= 15 is 0 Å². The number of aromatic nitrogens is 2. The SMILES string of the molecule is CO/N=C(/C(=O)N[C@@H]1C(=O)N2C(C(=O)[O-])=C(C[n+]3ccc(N)c(NC(=O)Nc4ccc(CCN=C(N)N)cc4)c3)CS[C@H]12)c1nc(N)sc1Cl. The van der Waals surface area contributed by atoms with E-state index in [4.69, 9.17) is 39.4 Å². The number of aliphatic carboxylic acids is 1. The van der Waals surface area contributed by atoms with Crippen molar-refractivity contribution in [2.75, 3.05) is 41.5 Å². The van der Waals surface area contributed by atoms with E-state index < -0.39 is 35.2 Å². The highest BCUT2D eigenvalue weighted by Gasteiger charge is 2.53. The molecule has 4 amide bonds. The Kier molecular flexibility index (Phi) is 10.9. The van der Waals surface area contributed by atoms with Crippen LogP contribution in [0.2, 0.25) is 4.34 Å². The van der Waals surface area contributed by atoms with E-state index in [2.05, 4.69) is 31.1 Å². The first kappa shape index (κ1) is 35.7. The maximum absolute atomic E-state index is 13.2. The molecule has 0 radical (unpaired) electrons. The smallest absolute Gasteiger partial charge is 0.323 e. The second kappa shape index (κ2) is 15.3. The Bertz CT molecular complexity index is 1930. The largest absolute Gasteiger partial charge is 0.543 e. The second-order valence-corrected chi connectivity index (χ2v) is 13.5. The van der Waals surface area contributed by atoms with Crippen LogP contribution in [0.4, 0.5) is 27.0 Å². The Labute approximate surface area is 297 Å². The number of anilines is 4. The molecule has 2 aromatic heterocycles. The van der Waals surface area contributed by atoms with Gasteiger partial charge in [0.1, 0.15) is 34.2 Å². The minimum atomic E-state index is -1.56. The molecule has 0 spiro atoms. The summed E-state index contributed by atoms with van der Waals surface area (Å²) in [6, 6.07) is 7.02. The number of carboxylic acids is 1. The quantitative estimate of drug-likeness (QED) is 0.0393. The molecule has 0 saturated carbocycles. The van der Waals surface area contributed by atoms with E-state index in [1.807, 2.05) is 12.1 Å². The Balaban J connectivity index is 1.25. The van der Waals surface area contributed by atoms with Crippen LogP contribution in [0.5, 0.6) is 0 Å². The molecule has 11 N–H and O–H groups in total. The lowest BCUT2D eigenvalue weighted by molar-refractivity contribution is -0.688. The number of carbonyl (C=O) groups is 4. The predicted molar refractivity (Wildman–Crippen MR) is 187 cm³/mol. The van der Waals surface area contributed by atoms with Gasteiger partial charge in [-0.1, -0.05) is 40.2 Å². The monoisotopic (exact) mass is 742 g/mol. The van der Waals surface area contributed by atoms with Crippen molar-refractivity contribution in [2.45, 2.75) is 24.4 Å². The maximum atomic E-state index is 13.2. The van der Waals surface area contributed by atoms with E-state index in [-0.39, 0.29) is 56.2 Å². The fourth-order valence-corrected chi connectivity index (χ4v) is 7.34. The molecule has 1 aromatic carbocycles. The van der Waals surface area contributed by atoms with E-state index in [1.54, 1.807) is 29.0 Å². The van der Waals surface area contributed by atoms with E-state index in [0.717, 1.165) is 21.8 Å². The van der Waals surface area contributed by atoms with Crippen LogP contribution in [0.3, 0.4) is 0 Å². The van der Waals surface area contributed by atoms with Crippen molar-refractivity contribution in [3.8, 4) is 0 Å². The van der Waals surface area contributed by atoms with Crippen LogP contribution in [0, 0.1) is 0 Å². The molecular weight excluding hydrogens is 712 g/mol. The summed E-state index contributed by atoms with van der Waals surface area (Å²) >= 11 is 8.31. The normalized spacial score (nSPS) is 17.0. The number of urea groups is 1. The number of benzene rings is 1. The van der Waals surface area contributed by atoms with Crippen molar-refractivity contribution in [3.05, 3.63) is 69.6 Å². The van der Waals surface area contributed by atoms with Crippen LogP contribution in [0.15, 0.2) is 64.1 Å². The van der Waals surface area contributed by atoms with Crippen molar-refractivity contribution < 1.29 is 33.7 Å². The molecular formula is C29H31ClN12O6S2. The lowest BCUT2D eigenvalue weighted by Crippen LogP contribution is -2.71. The van der Waals surface area contributed by atoms with Gasteiger partial charge in [0.05, 0.1) is 17.4 Å². The number of nitrogen functional groups attached to an aromatic ring is 2. The molecule has 2 aliphatic heterocycles. The number of hydrogen-bond donors (Lipinski definition) is 7. The molecule has 1 saturated heterocycles. The summed E-state index contributed by atoms with van der Waals surface area (Å²) in [7, 11) is 1.22. The van der Waals surface area contributed by atoms with Gasteiger partial charge in [-0.2, -0.15) is 4.57 Å². The molecule has 1 fully saturated rings. The Morgan fingerprint density at radius 3 is 2.56 bits per heavy atom. The Morgan fingerprint density at radius 1 is 1.18 bits per heavy atom. The lowest BCUT2D eigenvalue weighted by Gasteiger charge is -2.50. The molecule has 262 valence electrons. The number of hydrogen-bond acceptors (Lipinski definition) is 13. The van der Waals surface area contributed by atoms with Crippen molar-refractivity contribution >= 4 is 92.4 Å². The summed E-state index contributed by atoms with van der Waals surface area (Å²) < 4.78 is 1.70. The third-order valence-electron chi connectivity index (χ3n) is 7.33. The third kappa shape index (κ3) is 7.98. The topological polar surface area (TPSA) is 285 Å². The first-order valence-electron chi connectivity index (χ1n) is 14.6. The number of amides is 4. The average Bonchev–Trinajstić information content (AvgIpc) is 3.40. The summed E-state index contributed by atoms with van der Waals surface area (Å²) in [6.07, 6.45) is 3.75. The molecule has 0 bridgehead atoms. The number of fused-ring (bicyclic) bond motifs is 1. The number of carbonyl (C=O) groups excluding carboxylic acids is 4. The minimum Gasteiger partial charge on any atom is -0.543 e. The third-order valence-corrected chi connectivity index (χ3v) is 9.75. The minimum absolute atomic E-state index is 0.0152. The Morgan fingerprint density at radius 2 is 1.92 bits per heavy atom. The summed E-state index contributed by atoms with van der Waals surface area (Å²) in [6.45, 7) is 0.458. The summed E-state index contributed by atoms with van der Waals surface area (Å²) in [5, 5.41) is 23.4. The Hall–Kier alpha value is -5.60.